The van der Waals surface area contributed by atoms with Gasteiger partial charge >= 0.3 is 0 Å². The van der Waals surface area contributed by atoms with Gasteiger partial charge in [0, 0.05) is 37.8 Å². The normalized spacial score (nSPS) is 16.5. The van der Waals surface area contributed by atoms with Gasteiger partial charge in [-0.3, -0.25) is 9.89 Å². The minimum atomic E-state index is -3.68. The van der Waals surface area contributed by atoms with Gasteiger partial charge in [-0.15, -0.1) is 0 Å². The largest absolute Gasteiger partial charge is 0.338 e. The summed E-state index contributed by atoms with van der Waals surface area (Å²) in [5.74, 6) is -0.663. The predicted octanol–water partition coefficient (Wildman–Crippen LogP) is 2.10. The second-order valence-electron chi connectivity index (χ2n) is 6.70. The van der Waals surface area contributed by atoms with Gasteiger partial charge in [0.1, 0.15) is 10.7 Å². The molecule has 1 aliphatic heterocycles. The zero-order chi connectivity index (χ0) is 20.3. The van der Waals surface area contributed by atoms with Crippen molar-refractivity contribution in [3.05, 3.63) is 53.1 Å². The molecule has 1 N–H and O–H groups in total. The van der Waals surface area contributed by atoms with Gasteiger partial charge in [0.2, 0.25) is 15.9 Å². The number of H-pyrrole nitrogens is 1. The zero-order valence-electron chi connectivity index (χ0n) is 15.9. The van der Waals surface area contributed by atoms with Crippen molar-refractivity contribution >= 4 is 22.0 Å². The van der Waals surface area contributed by atoms with Crippen LogP contribution in [0.2, 0.25) is 0 Å². The van der Waals surface area contributed by atoms with E-state index in [0.29, 0.717) is 36.5 Å². The average Bonchev–Trinajstić information content (AvgIpc) is 2.86. The molecule has 1 saturated heterocycles. The molecule has 0 unspecified atom stereocenters. The maximum Gasteiger partial charge on any atom is 0.246 e. The molecule has 1 aromatic carbocycles. The van der Waals surface area contributed by atoms with Crippen LogP contribution in [0.5, 0.6) is 0 Å². The van der Waals surface area contributed by atoms with Gasteiger partial charge in [0.25, 0.3) is 0 Å². The number of carbonyl (C=O) groups is 1. The minimum Gasteiger partial charge on any atom is -0.338 e. The highest BCUT2D eigenvalue weighted by Crippen LogP contribution is 2.23. The van der Waals surface area contributed by atoms with E-state index in [2.05, 4.69) is 10.2 Å². The molecule has 0 atom stereocenters. The number of aryl methyl sites for hydroxylation is 2. The Hall–Kier alpha value is -2.52. The molecule has 1 amide bonds. The molecule has 2 heterocycles. The number of rotatable bonds is 4. The monoisotopic (exact) mass is 406 g/mol. The van der Waals surface area contributed by atoms with E-state index >= 15 is 0 Å². The highest BCUT2D eigenvalue weighted by atomic mass is 32.2. The summed E-state index contributed by atoms with van der Waals surface area (Å²) in [6, 6.07) is 6.20. The lowest BCUT2D eigenvalue weighted by atomic mass is 10.2. The molecule has 1 aromatic heterocycles. The van der Waals surface area contributed by atoms with E-state index in [-0.39, 0.29) is 23.9 Å². The smallest absolute Gasteiger partial charge is 0.246 e. The zero-order valence-corrected chi connectivity index (χ0v) is 16.7. The standard InChI is InChI=1S/C19H23FN4O3S/c1-14-19(15(2)22-21-14)28(26,27)24-11-5-10-23(12-13-24)18(25)9-8-16-6-3-4-7-17(16)20/h3-4,6-9H,5,10-13H2,1-2H3,(H,21,22)/b9-8+. The Morgan fingerprint density at radius 3 is 2.61 bits per heavy atom. The van der Waals surface area contributed by atoms with Crippen molar-refractivity contribution in [1.82, 2.24) is 19.4 Å². The van der Waals surface area contributed by atoms with Crippen molar-refractivity contribution in [3.8, 4) is 0 Å². The summed E-state index contributed by atoms with van der Waals surface area (Å²) in [7, 11) is -3.68. The highest BCUT2D eigenvalue weighted by molar-refractivity contribution is 7.89. The van der Waals surface area contributed by atoms with Gasteiger partial charge in [-0.2, -0.15) is 9.40 Å². The number of hydrogen-bond acceptors (Lipinski definition) is 4. The molecule has 3 rings (SSSR count). The van der Waals surface area contributed by atoms with Crippen LogP contribution in [0.15, 0.2) is 35.2 Å². The van der Waals surface area contributed by atoms with E-state index in [1.807, 2.05) is 0 Å². The van der Waals surface area contributed by atoms with Gasteiger partial charge in [-0.25, -0.2) is 12.8 Å². The van der Waals surface area contributed by atoms with Crippen LogP contribution in [-0.4, -0.2) is 59.9 Å². The summed E-state index contributed by atoms with van der Waals surface area (Å²) in [4.78, 5) is 14.2. The molecule has 1 aliphatic rings. The molecule has 7 nitrogen and oxygen atoms in total. The molecule has 1 fully saturated rings. The number of carbonyl (C=O) groups excluding carboxylic acids is 1. The molecule has 0 radical (unpaired) electrons. The van der Waals surface area contributed by atoms with E-state index < -0.39 is 15.8 Å². The Labute approximate surface area is 163 Å². The van der Waals surface area contributed by atoms with Crippen LogP contribution in [-0.2, 0) is 14.8 Å². The third-order valence-corrected chi connectivity index (χ3v) is 6.90. The van der Waals surface area contributed by atoms with Crippen molar-refractivity contribution in [3.63, 3.8) is 0 Å². The number of halogens is 1. The first-order chi connectivity index (χ1) is 13.3. The lowest BCUT2D eigenvalue weighted by molar-refractivity contribution is -0.125. The van der Waals surface area contributed by atoms with E-state index in [1.54, 1.807) is 36.9 Å². The van der Waals surface area contributed by atoms with E-state index in [0.717, 1.165) is 0 Å². The van der Waals surface area contributed by atoms with Crippen molar-refractivity contribution in [2.24, 2.45) is 0 Å². The highest BCUT2D eigenvalue weighted by Gasteiger charge is 2.31. The number of benzene rings is 1. The second-order valence-corrected chi connectivity index (χ2v) is 8.58. The molecule has 0 spiro atoms. The summed E-state index contributed by atoms with van der Waals surface area (Å²) in [5, 5.41) is 6.67. The van der Waals surface area contributed by atoms with Crippen LogP contribution in [0.25, 0.3) is 6.08 Å². The van der Waals surface area contributed by atoms with Crippen molar-refractivity contribution in [2.75, 3.05) is 26.2 Å². The van der Waals surface area contributed by atoms with Gasteiger partial charge in [-0.05, 0) is 32.4 Å². The lowest BCUT2D eigenvalue weighted by Crippen LogP contribution is -2.37. The van der Waals surface area contributed by atoms with Crippen LogP contribution < -0.4 is 0 Å². The molecule has 150 valence electrons. The summed E-state index contributed by atoms with van der Waals surface area (Å²) in [5.41, 5.74) is 1.27. The van der Waals surface area contributed by atoms with Crippen molar-refractivity contribution in [2.45, 2.75) is 25.2 Å². The lowest BCUT2D eigenvalue weighted by Gasteiger charge is -2.21. The fourth-order valence-electron chi connectivity index (χ4n) is 3.28. The maximum absolute atomic E-state index is 13.7. The average molecular weight is 406 g/mol. The molecule has 9 heteroatoms. The Balaban J connectivity index is 1.70. The van der Waals surface area contributed by atoms with E-state index in [1.165, 1.54) is 22.5 Å². The van der Waals surface area contributed by atoms with Crippen LogP contribution in [0.1, 0.15) is 23.4 Å². The number of hydrogen-bond donors (Lipinski definition) is 1. The number of nitrogens with one attached hydrogen (secondary N) is 1. The summed E-state index contributed by atoms with van der Waals surface area (Å²) in [6.07, 6.45) is 3.29. The first-order valence-electron chi connectivity index (χ1n) is 9.04. The minimum absolute atomic E-state index is 0.200. The number of sulfonamides is 1. The Morgan fingerprint density at radius 1 is 1.18 bits per heavy atom. The topological polar surface area (TPSA) is 86.4 Å². The number of amides is 1. The first kappa shape index (κ1) is 20.2. The van der Waals surface area contributed by atoms with Crippen molar-refractivity contribution < 1.29 is 17.6 Å². The van der Waals surface area contributed by atoms with Crippen LogP contribution in [0.3, 0.4) is 0 Å². The van der Waals surface area contributed by atoms with Crippen LogP contribution in [0.4, 0.5) is 4.39 Å². The predicted molar refractivity (Wildman–Crippen MR) is 103 cm³/mol. The molecule has 0 bridgehead atoms. The third-order valence-electron chi connectivity index (χ3n) is 4.74. The quantitative estimate of drug-likeness (QED) is 0.788. The Bertz CT molecular complexity index is 981. The van der Waals surface area contributed by atoms with Crippen molar-refractivity contribution in [1.29, 1.82) is 0 Å². The number of nitrogens with zero attached hydrogens (tertiary/aromatic N) is 3. The molecule has 2 aromatic rings. The first-order valence-corrected chi connectivity index (χ1v) is 10.5. The molecule has 0 saturated carbocycles. The van der Waals surface area contributed by atoms with E-state index in [9.17, 15) is 17.6 Å². The Kier molecular flexibility index (Phi) is 5.95. The van der Waals surface area contributed by atoms with Gasteiger partial charge < -0.3 is 4.90 Å². The van der Waals surface area contributed by atoms with Gasteiger partial charge in [0.15, 0.2) is 0 Å². The molecule has 28 heavy (non-hydrogen) atoms. The van der Waals surface area contributed by atoms with Gasteiger partial charge in [-0.1, -0.05) is 18.2 Å². The van der Waals surface area contributed by atoms with E-state index in [4.69, 9.17) is 0 Å². The fourth-order valence-corrected chi connectivity index (χ4v) is 5.08. The molecular formula is C19H23FN4O3S. The number of aromatic nitrogens is 2. The van der Waals surface area contributed by atoms with Gasteiger partial charge in [0.05, 0.1) is 11.4 Å². The SMILES string of the molecule is Cc1n[nH]c(C)c1S(=O)(=O)N1CCCN(C(=O)/C=C/c2ccccc2F)CC1. The maximum atomic E-state index is 13.7. The van der Waals surface area contributed by atoms with Crippen LogP contribution >= 0.6 is 0 Å². The summed E-state index contributed by atoms with van der Waals surface area (Å²) >= 11 is 0. The Morgan fingerprint density at radius 2 is 1.93 bits per heavy atom. The fraction of sp³-hybridized carbons (Fsp3) is 0.368. The van der Waals surface area contributed by atoms with Crippen LogP contribution in [0, 0.1) is 19.7 Å². The third kappa shape index (κ3) is 4.15. The number of aromatic amines is 1. The summed E-state index contributed by atoms with van der Waals surface area (Å²) < 4.78 is 41.0. The summed E-state index contributed by atoms with van der Waals surface area (Å²) in [6.45, 7) is 4.57. The second kappa shape index (κ2) is 8.24. The molecular weight excluding hydrogens is 383 g/mol. The molecule has 0 aliphatic carbocycles.